The summed E-state index contributed by atoms with van der Waals surface area (Å²) in [4.78, 5) is 10.8. The second kappa shape index (κ2) is 15.5. The van der Waals surface area contributed by atoms with Gasteiger partial charge in [-0.15, -0.1) is 0 Å². The molecule has 0 aliphatic heterocycles. The quantitative estimate of drug-likeness (QED) is 0.128. The van der Waals surface area contributed by atoms with Crippen molar-refractivity contribution in [2.45, 2.75) is 0 Å². The van der Waals surface area contributed by atoms with Crippen LogP contribution in [0.1, 0.15) is 0 Å². The smallest absolute Gasteiger partial charge is 0.161 e. The van der Waals surface area contributed by atoms with Crippen molar-refractivity contribution in [3.05, 3.63) is 243 Å². The lowest BCUT2D eigenvalue weighted by Gasteiger charge is -2.22. The summed E-state index contributed by atoms with van der Waals surface area (Å²) in [5.41, 5.74) is 11.4. The lowest BCUT2D eigenvalue weighted by Crippen LogP contribution is -1.99. The summed E-state index contributed by atoms with van der Waals surface area (Å²) in [6, 6.07) is 87.5. The maximum atomic E-state index is 6.74. The molecule has 2 heterocycles. The number of hydrogen-bond acceptors (Lipinski definition) is 3. The zero-order chi connectivity index (χ0) is 46.6. The van der Waals surface area contributed by atoms with Crippen LogP contribution in [0.15, 0.2) is 247 Å². The molecular formula is C68H40N2O. The van der Waals surface area contributed by atoms with Crippen LogP contribution in [0.3, 0.4) is 0 Å². The van der Waals surface area contributed by atoms with Gasteiger partial charge in [-0.3, -0.25) is 0 Å². The van der Waals surface area contributed by atoms with Crippen molar-refractivity contribution < 1.29 is 4.42 Å². The molecule has 71 heavy (non-hydrogen) atoms. The van der Waals surface area contributed by atoms with Gasteiger partial charge in [-0.1, -0.05) is 212 Å². The van der Waals surface area contributed by atoms with Crippen LogP contribution in [-0.4, -0.2) is 9.97 Å². The molecule has 0 saturated carbocycles. The molecule has 0 fully saturated rings. The molecule has 0 saturated heterocycles. The molecule has 0 spiro atoms. The second-order valence-electron chi connectivity index (χ2n) is 18.7. The van der Waals surface area contributed by atoms with E-state index >= 15 is 0 Å². The SMILES string of the molecule is c1ccc(-c2cc(-c3ccccc3)nc(-c3c4ccccc4c(-c4c5ccccc5c(-c5ccc6oc7cc8c9ccccc9c9ccccc9c8cc7c6c5)c5ccccc45)c4ccccc34)n2)cc1. The normalized spacial score (nSPS) is 11.9. The van der Waals surface area contributed by atoms with Crippen molar-refractivity contribution in [1.29, 1.82) is 0 Å². The third-order valence-electron chi connectivity index (χ3n) is 14.8. The zero-order valence-electron chi connectivity index (χ0n) is 38.4. The molecule has 0 aliphatic rings. The van der Waals surface area contributed by atoms with Gasteiger partial charge in [0.05, 0.1) is 11.4 Å². The number of aromatic nitrogens is 2. The monoisotopic (exact) mass is 900 g/mol. The maximum Gasteiger partial charge on any atom is 0.161 e. The van der Waals surface area contributed by atoms with Crippen molar-refractivity contribution >= 4 is 97.3 Å². The number of furan rings is 1. The number of benzene rings is 13. The van der Waals surface area contributed by atoms with Crippen LogP contribution >= 0.6 is 0 Å². The third kappa shape index (κ3) is 6.03. The fraction of sp³-hybridized carbons (Fsp3) is 0. The van der Waals surface area contributed by atoms with Crippen LogP contribution < -0.4 is 0 Å². The minimum Gasteiger partial charge on any atom is -0.456 e. The van der Waals surface area contributed by atoms with Crippen LogP contribution in [0.2, 0.25) is 0 Å². The molecule has 0 amide bonds. The number of rotatable bonds is 5. The molecular weight excluding hydrogens is 861 g/mol. The Morgan fingerprint density at radius 1 is 0.211 bits per heavy atom. The molecule has 0 unspecified atom stereocenters. The van der Waals surface area contributed by atoms with Gasteiger partial charge in [-0.25, -0.2) is 9.97 Å². The Morgan fingerprint density at radius 2 is 0.563 bits per heavy atom. The number of nitrogens with zero attached hydrogens (tertiary/aromatic N) is 2. The molecule has 0 aliphatic carbocycles. The maximum absolute atomic E-state index is 6.74. The Kier molecular flexibility index (Phi) is 8.66. The molecule has 3 nitrogen and oxygen atoms in total. The first-order chi connectivity index (χ1) is 35.2. The molecule has 0 N–H and O–H groups in total. The van der Waals surface area contributed by atoms with E-state index < -0.39 is 0 Å². The highest BCUT2D eigenvalue weighted by Crippen LogP contribution is 2.51. The summed E-state index contributed by atoms with van der Waals surface area (Å²) in [6.07, 6.45) is 0. The van der Waals surface area contributed by atoms with E-state index in [0.29, 0.717) is 5.82 Å². The third-order valence-corrected chi connectivity index (χ3v) is 14.8. The molecule has 0 radical (unpaired) electrons. The van der Waals surface area contributed by atoms with E-state index in [1.807, 2.05) is 12.1 Å². The lowest BCUT2D eigenvalue weighted by atomic mass is 9.81. The van der Waals surface area contributed by atoms with Crippen LogP contribution in [0.25, 0.3) is 154 Å². The molecule has 0 atom stereocenters. The highest BCUT2D eigenvalue weighted by molar-refractivity contribution is 6.31. The van der Waals surface area contributed by atoms with E-state index in [1.54, 1.807) is 0 Å². The van der Waals surface area contributed by atoms with Crippen LogP contribution in [0.5, 0.6) is 0 Å². The van der Waals surface area contributed by atoms with E-state index in [4.69, 9.17) is 14.4 Å². The summed E-state index contributed by atoms with van der Waals surface area (Å²) in [5.74, 6) is 0.700. The van der Waals surface area contributed by atoms with E-state index in [-0.39, 0.29) is 0 Å². The van der Waals surface area contributed by atoms with Crippen molar-refractivity contribution in [1.82, 2.24) is 9.97 Å². The fourth-order valence-electron chi connectivity index (χ4n) is 11.7. The van der Waals surface area contributed by atoms with Gasteiger partial charge in [0.2, 0.25) is 0 Å². The van der Waals surface area contributed by atoms with Crippen LogP contribution in [0, 0.1) is 0 Å². The summed E-state index contributed by atoms with van der Waals surface area (Å²) >= 11 is 0. The fourth-order valence-corrected chi connectivity index (χ4v) is 11.7. The summed E-state index contributed by atoms with van der Waals surface area (Å²) in [6.45, 7) is 0. The number of hydrogen-bond donors (Lipinski definition) is 0. The minimum atomic E-state index is 0.700. The summed E-state index contributed by atoms with van der Waals surface area (Å²) in [5, 5.41) is 19.0. The highest BCUT2D eigenvalue weighted by Gasteiger charge is 2.24. The van der Waals surface area contributed by atoms with Gasteiger partial charge in [0.25, 0.3) is 0 Å². The topological polar surface area (TPSA) is 38.9 Å². The first-order valence-corrected chi connectivity index (χ1v) is 24.3. The Bertz CT molecular complexity index is 4520. The molecule has 13 aromatic carbocycles. The van der Waals surface area contributed by atoms with E-state index in [2.05, 4.69) is 231 Å². The Balaban J connectivity index is 0.988. The van der Waals surface area contributed by atoms with Crippen molar-refractivity contribution in [3.8, 4) is 56.2 Å². The molecule has 0 bridgehead atoms. The first-order valence-electron chi connectivity index (χ1n) is 24.3. The molecule has 328 valence electrons. The predicted octanol–water partition coefficient (Wildman–Crippen LogP) is 18.8. The van der Waals surface area contributed by atoms with Gasteiger partial charge in [-0.2, -0.15) is 0 Å². The summed E-state index contributed by atoms with van der Waals surface area (Å²) in [7, 11) is 0. The highest BCUT2D eigenvalue weighted by atomic mass is 16.3. The van der Waals surface area contributed by atoms with Crippen molar-refractivity contribution in [3.63, 3.8) is 0 Å². The zero-order valence-corrected chi connectivity index (χ0v) is 38.4. The molecule has 2 aromatic heterocycles. The summed E-state index contributed by atoms with van der Waals surface area (Å²) < 4.78 is 6.74. The Hall–Kier alpha value is -9.44. The lowest BCUT2D eigenvalue weighted by molar-refractivity contribution is 0.669. The van der Waals surface area contributed by atoms with E-state index in [9.17, 15) is 0 Å². The molecule has 3 heteroatoms. The first kappa shape index (κ1) is 39.5. The minimum absolute atomic E-state index is 0.700. The van der Waals surface area contributed by atoms with Gasteiger partial charge in [0, 0.05) is 27.5 Å². The Labute approximate surface area is 408 Å². The van der Waals surface area contributed by atoms with Gasteiger partial charge < -0.3 is 4.42 Å². The van der Waals surface area contributed by atoms with Gasteiger partial charge in [0.1, 0.15) is 11.2 Å². The average molecular weight is 901 g/mol. The van der Waals surface area contributed by atoms with Crippen molar-refractivity contribution in [2.24, 2.45) is 0 Å². The Morgan fingerprint density at radius 3 is 1.01 bits per heavy atom. The number of fused-ring (bicyclic) bond motifs is 13. The van der Waals surface area contributed by atoms with E-state index in [1.165, 1.54) is 70.6 Å². The average Bonchev–Trinajstić information content (AvgIpc) is 3.81. The van der Waals surface area contributed by atoms with Crippen LogP contribution in [-0.2, 0) is 0 Å². The molecule has 15 aromatic rings. The van der Waals surface area contributed by atoms with Gasteiger partial charge in [-0.05, 0) is 128 Å². The second-order valence-corrected chi connectivity index (χ2v) is 18.7. The largest absolute Gasteiger partial charge is 0.456 e. The van der Waals surface area contributed by atoms with Gasteiger partial charge >= 0.3 is 0 Å². The van der Waals surface area contributed by atoms with E-state index in [0.717, 1.165) is 77.1 Å². The standard InChI is InChI=1S/C68H40N2O/c1-3-19-41(20-4-1)60-40-61(42-21-5-2-6-22-42)70-68(69-60)67-54-33-17-15-31-52(54)66(53-32-16-18-34-55(53)67)65-50-29-13-11-27-48(50)64(49-28-12-14-30-51(49)65)43-35-36-62-58(37-43)59-38-56-46-25-9-7-23-44(46)45-24-8-10-26-47(45)57(56)39-63(59)71-62/h1-40H. The van der Waals surface area contributed by atoms with Gasteiger partial charge in [0.15, 0.2) is 5.82 Å². The van der Waals surface area contributed by atoms with Crippen LogP contribution in [0.4, 0.5) is 0 Å². The predicted molar refractivity (Wildman–Crippen MR) is 299 cm³/mol. The van der Waals surface area contributed by atoms with Crippen molar-refractivity contribution in [2.75, 3.05) is 0 Å². The molecule has 15 rings (SSSR count).